The molecule has 2 saturated heterocycles. The maximum Gasteiger partial charge on any atom is 0.243 e. The predicted molar refractivity (Wildman–Crippen MR) is 126 cm³/mol. The Morgan fingerprint density at radius 2 is 1.67 bits per heavy atom. The summed E-state index contributed by atoms with van der Waals surface area (Å²) in [6.45, 7) is 4.45. The molecular weight excluding hydrogens is 460 g/mol. The molecule has 2 aromatic rings. The van der Waals surface area contributed by atoms with Crippen molar-refractivity contribution in [3.05, 3.63) is 64.7 Å². The first-order valence-electron chi connectivity index (χ1n) is 11.1. The van der Waals surface area contributed by atoms with Crippen LogP contribution >= 0.6 is 11.6 Å². The summed E-state index contributed by atoms with van der Waals surface area (Å²) in [7, 11) is -3.62. The van der Waals surface area contributed by atoms with E-state index in [0.717, 1.165) is 30.2 Å². The monoisotopic (exact) mass is 486 g/mol. The molecule has 7 nitrogen and oxygen atoms in total. The van der Waals surface area contributed by atoms with Crippen molar-refractivity contribution < 1.29 is 13.2 Å². The van der Waals surface area contributed by atoms with Crippen molar-refractivity contribution in [2.24, 2.45) is 5.92 Å². The summed E-state index contributed by atoms with van der Waals surface area (Å²) in [6.07, 6.45) is 1.05. The molecule has 4 rings (SSSR count). The van der Waals surface area contributed by atoms with E-state index >= 15 is 0 Å². The minimum Gasteiger partial charge on any atom is -0.340 e. The van der Waals surface area contributed by atoms with Gasteiger partial charge in [-0.3, -0.25) is 9.69 Å². The van der Waals surface area contributed by atoms with Crippen molar-refractivity contribution in [1.82, 2.24) is 14.1 Å². The molecule has 0 bridgehead atoms. The number of hydrogen-bond acceptors (Lipinski definition) is 5. The minimum atomic E-state index is -3.62. The number of piperidine rings is 1. The highest BCUT2D eigenvalue weighted by Crippen LogP contribution is 2.26. The number of carbonyl (C=O) groups excluding carboxylic acids is 1. The molecule has 0 radical (unpaired) electrons. The summed E-state index contributed by atoms with van der Waals surface area (Å²) in [5.74, 6) is -0.00952. The van der Waals surface area contributed by atoms with E-state index in [1.807, 2.05) is 29.2 Å². The number of amides is 1. The van der Waals surface area contributed by atoms with Crippen LogP contribution < -0.4 is 0 Å². The van der Waals surface area contributed by atoms with Crippen LogP contribution in [0.2, 0.25) is 5.02 Å². The Labute approximate surface area is 200 Å². The Bertz CT molecular complexity index is 1130. The molecular formula is C24H27ClN4O3S. The van der Waals surface area contributed by atoms with E-state index in [2.05, 4.69) is 11.0 Å². The van der Waals surface area contributed by atoms with Gasteiger partial charge in [-0.25, -0.2) is 8.42 Å². The van der Waals surface area contributed by atoms with Crippen LogP contribution in [0.25, 0.3) is 0 Å². The topological polar surface area (TPSA) is 84.7 Å². The number of carbonyl (C=O) groups is 1. The third-order valence-electron chi connectivity index (χ3n) is 6.40. The second-order valence-electron chi connectivity index (χ2n) is 8.55. The minimum absolute atomic E-state index is 0.132. The van der Waals surface area contributed by atoms with Gasteiger partial charge in [-0.05, 0) is 54.8 Å². The molecule has 2 heterocycles. The molecule has 1 amide bonds. The fourth-order valence-electron chi connectivity index (χ4n) is 4.47. The number of nitriles is 1. The lowest BCUT2D eigenvalue weighted by Crippen LogP contribution is -2.51. The molecule has 9 heteroatoms. The summed E-state index contributed by atoms with van der Waals surface area (Å²) in [5, 5.41) is 9.64. The maximum absolute atomic E-state index is 13.1. The molecule has 0 aromatic heterocycles. The lowest BCUT2D eigenvalue weighted by molar-refractivity contribution is -0.138. The van der Waals surface area contributed by atoms with Gasteiger partial charge in [-0.2, -0.15) is 9.57 Å². The first-order valence-corrected chi connectivity index (χ1v) is 12.9. The molecule has 0 aliphatic carbocycles. The highest BCUT2D eigenvalue weighted by Gasteiger charge is 2.34. The summed E-state index contributed by atoms with van der Waals surface area (Å²) in [5.41, 5.74) is 1.59. The van der Waals surface area contributed by atoms with Crippen LogP contribution in [-0.2, 0) is 21.4 Å². The maximum atomic E-state index is 13.1. The van der Waals surface area contributed by atoms with Gasteiger partial charge in [0.05, 0.1) is 16.5 Å². The summed E-state index contributed by atoms with van der Waals surface area (Å²) in [6, 6.07) is 15.8. The van der Waals surface area contributed by atoms with Gasteiger partial charge in [-0.15, -0.1) is 0 Å². The average molecular weight is 487 g/mol. The van der Waals surface area contributed by atoms with Crippen LogP contribution in [0, 0.1) is 17.2 Å². The van der Waals surface area contributed by atoms with Crippen LogP contribution in [0.15, 0.2) is 53.4 Å². The Hall–Kier alpha value is -2.44. The van der Waals surface area contributed by atoms with Crippen LogP contribution in [0.3, 0.4) is 0 Å². The number of hydrogen-bond donors (Lipinski definition) is 0. The molecule has 0 spiro atoms. The van der Waals surface area contributed by atoms with E-state index in [-0.39, 0.29) is 16.7 Å². The standard InChI is InChI=1S/C24H27ClN4O3S/c25-22-3-1-2-20(16-22)18-27-12-14-28(15-13-27)24(30)21-8-10-29(11-9-21)33(31,32)23-6-4-19(17-26)5-7-23/h1-7,16,21H,8-15,18H2. The quantitative estimate of drug-likeness (QED) is 0.648. The smallest absolute Gasteiger partial charge is 0.243 e. The molecule has 0 saturated carbocycles. The number of nitrogens with zero attached hydrogens (tertiary/aromatic N) is 4. The molecule has 2 aromatic carbocycles. The highest BCUT2D eigenvalue weighted by molar-refractivity contribution is 7.89. The van der Waals surface area contributed by atoms with Gasteiger partial charge in [-0.1, -0.05) is 23.7 Å². The zero-order chi connectivity index (χ0) is 23.4. The van der Waals surface area contributed by atoms with Gasteiger partial charge in [0.1, 0.15) is 0 Å². The fourth-order valence-corrected chi connectivity index (χ4v) is 6.15. The van der Waals surface area contributed by atoms with Crippen molar-refractivity contribution in [3.63, 3.8) is 0 Å². The van der Waals surface area contributed by atoms with Gasteiger partial charge < -0.3 is 4.90 Å². The zero-order valence-electron chi connectivity index (χ0n) is 18.4. The molecule has 174 valence electrons. The lowest BCUT2D eigenvalue weighted by Gasteiger charge is -2.38. The molecule has 0 N–H and O–H groups in total. The Morgan fingerprint density at radius 1 is 1.00 bits per heavy atom. The lowest BCUT2D eigenvalue weighted by atomic mass is 9.96. The van der Waals surface area contributed by atoms with E-state index in [9.17, 15) is 13.2 Å². The Kier molecular flexibility index (Phi) is 7.35. The number of piperazine rings is 1. The zero-order valence-corrected chi connectivity index (χ0v) is 19.9. The molecule has 0 unspecified atom stereocenters. The fraction of sp³-hybridized carbons (Fsp3) is 0.417. The average Bonchev–Trinajstić information content (AvgIpc) is 2.84. The molecule has 0 atom stereocenters. The van der Waals surface area contributed by atoms with Gasteiger partial charge >= 0.3 is 0 Å². The van der Waals surface area contributed by atoms with E-state index < -0.39 is 10.0 Å². The van der Waals surface area contributed by atoms with E-state index in [1.165, 1.54) is 28.6 Å². The number of sulfonamides is 1. The van der Waals surface area contributed by atoms with E-state index in [0.29, 0.717) is 44.6 Å². The van der Waals surface area contributed by atoms with Crippen LogP contribution in [-0.4, -0.2) is 67.7 Å². The first-order chi connectivity index (χ1) is 15.9. The Balaban J connectivity index is 1.27. The van der Waals surface area contributed by atoms with Gasteiger partial charge in [0, 0.05) is 56.8 Å². The van der Waals surface area contributed by atoms with Crippen molar-refractivity contribution in [3.8, 4) is 6.07 Å². The normalized spacial score (nSPS) is 18.7. The van der Waals surface area contributed by atoms with Crippen molar-refractivity contribution in [2.75, 3.05) is 39.3 Å². The van der Waals surface area contributed by atoms with Gasteiger partial charge in [0.15, 0.2) is 0 Å². The summed E-state index contributed by atoms with van der Waals surface area (Å²) >= 11 is 6.07. The van der Waals surface area contributed by atoms with Crippen LogP contribution in [0.1, 0.15) is 24.0 Å². The summed E-state index contributed by atoms with van der Waals surface area (Å²) in [4.78, 5) is 17.5. The third-order valence-corrected chi connectivity index (χ3v) is 8.55. The van der Waals surface area contributed by atoms with E-state index in [4.69, 9.17) is 16.9 Å². The third kappa shape index (κ3) is 5.56. The van der Waals surface area contributed by atoms with Gasteiger partial charge in [0.2, 0.25) is 15.9 Å². The molecule has 2 aliphatic heterocycles. The first kappa shape index (κ1) is 23.7. The number of benzene rings is 2. The second-order valence-corrected chi connectivity index (χ2v) is 10.9. The summed E-state index contributed by atoms with van der Waals surface area (Å²) < 4.78 is 27.3. The van der Waals surface area contributed by atoms with E-state index in [1.54, 1.807) is 0 Å². The van der Waals surface area contributed by atoms with Crippen molar-refractivity contribution in [1.29, 1.82) is 5.26 Å². The molecule has 33 heavy (non-hydrogen) atoms. The van der Waals surface area contributed by atoms with Crippen molar-refractivity contribution in [2.45, 2.75) is 24.3 Å². The second kappa shape index (κ2) is 10.2. The predicted octanol–water partition coefficient (Wildman–Crippen LogP) is 2.96. The van der Waals surface area contributed by atoms with Gasteiger partial charge in [0.25, 0.3) is 0 Å². The number of halogens is 1. The van der Waals surface area contributed by atoms with Crippen molar-refractivity contribution >= 4 is 27.5 Å². The molecule has 2 aliphatic rings. The molecule has 2 fully saturated rings. The number of rotatable bonds is 5. The SMILES string of the molecule is N#Cc1ccc(S(=O)(=O)N2CCC(C(=O)N3CCN(Cc4cccc(Cl)c4)CC3)CC2)cc1. The highest BCUT2D eigenvalue weighted by atomic mass is 35.5. The van der Waals surface area contributed by atoms with Crippen LogP contribution in [0.4, 0.5) is 0 Å². The largest absolute Gasteiger partial charge is 0.340 e. The Morgan fingerprint density at radius 3 is 2.27 bits per heavy atom. The van der Waals surface area contributed by atoms with Crippen LogP contribution in [0.5, 0.6) is 0 Å².